The topological polar surface area (TPSA) is 132 Å². The van der Waals surface area contributed by atoms with Crippen molar-refractivity contribution in [1.82, 2.24) is 9.62 Å². The van der Waals surface area contributed by atoms with E-state index in [0.29, 0.717) is 43.6 Å². The number of nitrogens with zero attached hydrogens (tertiary/aromatic N) is 2. The predicted octanol–water partition coefficient (Wildman–Crippen LogP) is 1.98. The van der Waals surface area contributed by atoms with Crippen molar-refractivity contribution in [3.63, 3.8) is 0 Å². The molecule has 2 aromatic carbocycles. The average Bonchev–Trinajstić information content (AvgIpc) is 2.91. The first kappa shape index (κ1) is 28.0. The Morgan fingerprint density at radius 1 is 1.00 bits per heavy atom. The van der Waals surface area contributed by atoms with Crippen molar-refractivity contribution in [3.05, 3.63) is 42.5 Å². The van der Waals surface area contributed by atoms with Crippen LogP contribution >= 0.6 is 0 Å². The highest BCUT2D eigenvalue weighted by atomic mass is 32.2. The van der Waals surface area contributed by atoms with Gasteiger partial charge in [0.25, 0.3) is 0 Å². The third-order valence-corrected chi connectivity index (χ3v) is 9.47. The van der Waals surface area contributed by atoms with Crippen LogP contribution in [-0.4, -0.2) is 78.8 Å². The number of carbonyl (C=O) groups excluding carboxylic acids is 1. The Hall–Kier alpha value is -3.03. The van der Waals surface area contributed by atoms with Gasteiger partial charge in [0.05, 0.1) is 23.4 Å². The van der Waals surface area contributed by atoms with Crippen LogP contribution in [0, 0.1) is 0 Å². The largest absolute Gasteiger partial charge is 0.492 e. The molecule has 13 heteroatoms. The van der Waals surface area contributed by atoms with Crippen molar-refractivity contribution in [2.24, 2.45) is 0 Å². The fourth-order valence-corrected chi connectivity index (χ4v) is 7.11. The van der Waals surface area contributed by atoms with E-state index in [9.17, 15) is 21.6 Å². The van der Waals surface area contributed by atoms with E-state index < -0.39 is 32.0 Å². The fraction of sp³-hybridized carbons (Fsp3) is 0.480. The monoisotopic (exact) mass is 567 g/mol. The molecule has 38 heavy (non-hydrogen) atoms. The molecule has 0 radical (unpaired) electrons. The number of amides is 1. The second kappa shape index (κ2) is 11.8. The second-order valence-corrected chi connectivity index (χ2v) is 12.9. The Labute approximate surface area is 223 Å². The van der Waals surface area contributed by atoms with Crippen molar-refractivity contribution < 1.29 is 35.8 Å². The molecule has 0 spiro atoms. The Bertz CT molecular complexity index is 1340. The van der Waals surface area contributed by atoms with E-state index in [1.807, 2.05) is 0 Å². The summed E-state index contributed by atoms with van der Waals surface area (Å²) in [6.07, 6.45) is 3.80. The normalized spacial score (nSPS) is 16.9. The lowest BCUT2D eigenvalue weighted by atomic mass is 10.2. The molecule has 2 aliphatic heterocycles. The summed E-state index contributed by atoms with van der Waals surface area (Å²) in [6.45, 7) is 3.55. The van der Waals surface area contributed by atoms with Crippen LogP contribution in [-0.2, 0) is 24.8 Å². The van der Waals surface area contributed by atoms with Gasteiger partial charge in [0.15, 0.2) is 11.5 Å². The molecule has 1 N–H and O–H groups in total. The number of benzene rings is 2. The molecule has 1 unspecified atom stereocenters. The maximum atomic E-state index is 12.8. The molecule has 2 heterocycles. The molecule has 0 saturated carbocycles. The molecule has 4 rings (SSSR count). The number of anilines is 1. The van der Waals surface area contributed by atoms with E-state index in [1.165, 1.54) is 29.4 Å². The van der Waals surface area contributed by atoms with Gasteiger partial charge in [0.2, 0.25) is 26.0 Å². The first-order valence-corrected chi connectivity index (χ1v) is 15.8. The highest BCUT2D eigenvalue weighted by Crippen LogP contribution is 2.35. The lowest BCUT2D eigenvalue weighted by Gasteiger charge is -2.29. The van der Waals surface area contributed by atoms with Gasteiger partial charge in [-0.05, 0) is 56.2 Å². The Balaban J connectivity index is 1.32. The van der Waals surface area contributed by atoms with Crippen molar-refractivity contribution >= 4 is 31.6 Å². The summed E-state index contributed by atoms with van der Waals surface area (Å²) in [5.74, 6) is 0.883. The third kappa shape index (κ3) is 6.51. The van der Waals surface area contributed by atoms with Crippen molar-refractivity contribution in [3.8, 4) is 17.2 Å². The number of rotatable bonds is 10. The molecule has 2 aromatic rings. The molecule has 1 atom stereocenters. The van der Waals surface area contributed by atoms with Gasteiger partial charge in [-0.3, -0.25) is 9.10 Å². The summed E-state index contributed by atoms with van der Waals surface area (Å²) >= 11 is 0. The lowest BCUT2D eigenvalue weighted by molar-refractivity contribution is -0.121. The minimum atomic E-state index is -3.79. The van der Waals surface area contributed by atoms with Gasteiger partial charge in [0, 0.05) is 19.2 Å². The van der Waals surface area contributed by atoms with Crippen LogP contribution in [0.3, 0.4) is 0 Å². The number of ether oxygens (including phenoxy) is 3. The number of fused-ring (bicyclic) bond motifs is 1. The SMILES string of the molecule is CC(C(=O)NCCOc1ccc(S(=O)(=O)N2CCCCC2)cc1)N(c1ccc2c(c1)OCCO2)S(C)(=O)=O. The zero-order valence-electron chi connectivity index (χ0n) is 21.5. The van der Waals surface area contributed by atoms with Crippen molar-refractivity contribution in [2.45, 2.75) is 37.1 Å². The van der Waals surface area contributed by atoms with Crippen LogP contribution in [0.1, 0.15) is 26.2 Å². The van der Waals surface area contributed by atoms with Gasteiger partial charge in [-0.2, -0.15) is 4.31 Å². The van der Waals surface area contributed by atoms with Gasteiger partial charge < -0.3 is 19.5 Å². The Morgan fingerprint density at radius 3 is 2.32 bits per heavy atom. The van der Waals surface area contributed by atoms with E-state index in [-0.39, 0.29) is 23.7 Å². The molecule has 1 saturated heterocycles. The number of piperidine rings is 1. The van der Waals surface area contributed by atoms with E-state index in [0.717, 1.165) is 29.8 Å². The summed E-state index contributed by atoms with van der Waals surface area (Å²) in [7, 11) is -7.32. The van der Waals surface area contributed by atoms with Gasteiger partial charge in [-0.25, -0.2) is 16.8 Å². The van der Waals surface area contributed by atoms with E-state index >= 15 is 0 Å². The Morgan fingerprint density at radius 2 is 1.66 bits per heavy atom. The molecule has 1 amide bonds. The fourth-order valence-electron chi connectivity index (χ4n) is 4.43. The molecule has 2 aliphatic rings. The van der Waals surface area contributed by atoms with Crippen molar-refractivity contribution in [1.29, 1.82) is 0 Å². The smallest absolute Gasteiger partial charge is 0.243 e. The second-order valence-electron chi connectivity index (χ2n) is 9.14. The summed E-state index contributed by atoms with van der Waals surface area (Å²) < 4.78 is 69.9. The number of hydrogen-bond acceptors (Lipinski definition) is 8. The number of hydrogen-bond donors (Lipinski definition) is 1. The molecule has 0 aliphatic carbocycles. The molecule has 0 bridgehead atoms. The molecule has 208 valence electrons. The average molecular weight is 568 g/mol. The summed E-state index contributed by atoms with van der Waals surface area (Å²) in [5.41, 5.74) is 0.287. The van der Waals surface area contributed by atoms with E-state index in [4.69, 9.17) is 14.2 Å². The zero-order valence-corrected chi connectivity index (χ0v) is 23.1. The van der Waals surface area contributed by atoms with Crippen LogP contribution in [0.25, 0.3) is 0 Å². The van der Waals surface area contributed by atoms with Crippen LogP contribution in [0.15, 0.2) is 47.4 Å². The lowest BCUT2D eigenvalue weighted by Crippen LogP contribution is -2.48. The number of carbonyl (C=O) groups is 1. The molecule has 11 nitrogen and oxygen atoms in total. The summed E-state index contributed by atoms with van der Waals surface area (Å²) in [5, 5.41) is 2.69. The first-order valence-electron chi connectivity index (χ1n) is 12.5. The maximum absolute atomic E-state index is 12.8. The van der Waals surface area contributed by atoms with E-state index in [2.05, 4.69) is 5.32 Å². The van der Waals surface area contributed by atoms with Crippen LogP contribution < -0.4 is 23.8 Å². The molecular weight excluding hydrogens is 534 g/mol. The predicted molar refractivity (Wildman–Crippen MR) is 142 cm³/mol. The molecule has 1 fully saturated rings. The van der Waals surface area contributed by atoms with Crippen molar-refractivity contribution in [2.75, 3.05) is 50.0 Å². The van der Waals surface area contributed by atoms with Gasteiger partial charge in [-0.15, -0.1) is 0 Å². The van der Waals surface area contributed by atoms with Gasteiger partial charge in [-0.1, -0.05) is 6.42 Å². The first-order chi connectivity index (χ1) is 18.1. The number of nitrogens with one attached hydrogen (secondary N) is 1. The minimum Gasteiger partial charge on any atom is -0.492 e. The van der Waals surface area contributed by atoms with Crippen LogP contribution in [0.2, 0.25) is 0 Å². The Kier molecular flexibility index (Phi) is 8.68. The van der Waals surface area contributed by atoms with Crippen LogP contribution in [0.5, 0.6) is 17.2 Å². The minimum absolute atomic E-state index is 0.111. The van der Waals surface area contributed by atoms with E-state index in [1.54, 1.807) is 24.3 Å². The van der Waals surface area contributed by atoms with Gasteiger partial charge >= 0.3 is 0 Å². The third-order valence-electron chi connectivity index (χ3n) is 6.32. The van der Waals surface area contributed by atoms with Crippen LogP contribution in [0.4, 0.5) is 5.69 Å². The van der Waals surface area contributed by atoms with Gasteiger partial charge in [0.1, 0.15) is 31.6 Å². The molecular formula is C25H33N3O8S2. The maximum Gasteiger partial charge on any atom is 0.243 e. The summed E-state index contributed by atoms with van der Waals surface area (Å²) in [4.78, 5) is 13.0. The highest BCUT2D eigenvalue weighted by molar-refractivity contribution is 7.92. The zero-order chi connectivity index (χ0) is 27.3. The standard InChI is InChI=1S/C25H33N3O8S2/c1-19(28(37(2,30)31)20-6-11-23-24(18-20)36-17-16-35-23)25(29)26-12-15-34-21-7-9-22(10-8-21)38(32,33)27-13-4-3-5-14-27/h6-11,18-19H,3-5,12-17H2,1-2H3,(H,26,29). The number of sulfonamides is 2. The summed E-state index contributed by atoms with van der Waals surface area (Å²) in [6, 6.07) is 9.86. The highest BCUT2D eigenvalue weighted by Gasteiger charge is 2.30. The molecule has 0 aromatic heterocycles. The quantitative estimate of drug-likeness (QED) is 0.431.